The third kappa shape index (κ3) is 3.35. The highest BCUT2D eigenvalue weighted by molar-refractivity contribution is 7.98. The van der Waals surface area contributed by atoms with Gasteiger partial charge in [-0.05, 0) is 56.2 Å². The molecule has 6 nitrogen and oxygen atoms in total. The Kier molecular flexibility index (Phi) is 4.87. The van der Waals surface area contributed by atoms with Crippen LogP contribution in [0.25, 0.3) is 0 Å². The molecule has 0 aromatic heterocycles. The van der Waals surface area contributed by atoms with Crippen LogP contribution in [0, 0.1) is 22.0 Å². The van der Waals surface area contributed by atoms with Gasteiger partial charge >= 0.3 is 0 Å². The highest BCUT2D eigenvalue weighted by Crippen LogP contribution is 2.30. The lowest BCUT2D eigenvalue weighted by Crippen LogP contribution is -2.32. The third-order valence-electron chi connectivity index (χ3n) is 4.93. The molecule has 1 N–H and O–H groups in total. The molecule has 2 heterocycles. The van der Waals surface area contributed by atoms with E-state index in [0.717, 1.165) is 39.0 Å². The van der Waals surface area contributed by atoms with Crippen LogP contribution in [-0.2, 0) is 0 Å². The van der Waals surface area contributed by atoms with E-state index in [-0.39, 0.29) is 11.6 Å². The Labute approximate surface area is 139 Å². The number of carbonyl (C=O) groups excluding carboxylic acids is 1. The number of nitro groups is 1. The zero-order valence-corrected chi connectivity index (χ0v) is 14.0. The quantitative estimate of drug-likeness (QED) is 0.521. The first-order chi connectivity index (χ1) is 11.1. The van der Waals surface area contributed by atoms with Crippen molar-refractivity contribution >= 4 is 23.4 Å². The number of amides is 1. The van der Waals surface area contributed by atoms with Crippen molar-refractivity contribution in [2.75, 3.05) is 32.4 Å². The predicted molar refractivity (Wildman–Crippen MR) is 89.9 cm³/mol. The van der Waals surface area contributed by atoms with Crippen molar-refractivity contribution in [3.63, 3.8) is 0 Å². The summed E-state index contributed by atoms with van der Waals surface area (Å²) < 4.78 is 0. The first kappa shape index (κ1) is 16.3. The number of carbonyl (C=O) groups is 1. The van der Waals surface area contributed by atoms with E-state index in [1.165, 1.54) is 17.8 Å². The van der Waals surface area contributed by atoms with Crippen LogP contribution in [-0.4, -0.2) is 48.2 Å². The molecule has 2 fully saturated rings. The monoisotopic (exact) mass is 335 g/mol. The minimum Gasteiger partial charge on any atom is -0.339 e. The van der Waals surface area contributed by atoms with Crippen molar-refractivity contribution in [2.45, 2.75) is 17.7 Å². The molecule has 2 saturated heterocycles. The van der Waals surface area contributed by atoms with Crippen LogP contribution in [0.1, 0.15) is 23.2 Å². The number of hydrogen-bond acceptors (Lipinski definition) is 5. The van der Waals surface area contributed by atoms with Crippen LogP contribution in [0.4, 0.5) is 5.69 Å². The highest BCUT2D eigenvalue weighted by atomic mass is 32.2. The molecule has 2 aliphatic heterocycles. The second-order valence-corrected chi connectivity index (χ2v) is 7.04. The first-order valence-corrected chi connectivity index (χ1v) is 9.15. The Morgan fingerprint density at radius 3 is 2.52 bits per heavy atom. The summed E-state index contributed by atoms with van der Waals surface area (Å²) in [4.78, 5) is 25.9. The summed E-state index contributed by atoms with van der Waals surface area (Å²) in [5.41, 5.74) is 0.430. The number of nitrogens with zero attached hydrogens (tertiary/aromatic N) is 2. The molecule has 124 valence electrons. The number of nitrogens with one attached hydrogen (secondary N) is 1. The molecule has 0 unspecified atom stereocenters. The molecule has 3 rings (SSSR count). The first-order valence-electron chi connectivity index (χ1n) is 7.92. The molecule has 0 aliphatic carbocycles. The summed E-state index contributed by atoms with van der Waals surface area (Å²) in [6.45, 7) is 3.56. The number of rotatable bonds is 3. The molecule has 0 bridgehead atoms. The summed E-state index contributed by atoms with van der Waals surface area (Å²) in [6.07, 6.45) is 3.81. The van der Waals surface area contributed by atoms with Gasteiger partial charge in [0.15, 0.2) is 0 Å². The Bertz CT molecular complexity index is 609. The topological polar surface area (TPSA) is 75.5 Å². The maximum atomic E-state index is 12.7. The number of hydrogen-bond donors (Lipinski definition) is 1. The fourth-order valence-electron chi connectivity index (χ4n) is 3.57. The van der Waals surface area contributed by atoms with E-state index in [0.29, 0.717) is 22.3 Å². The highest BCUT2D eigenvalue weighted by Gasteiger charge is 2.32. The number of nitro benzene ring substituents is 1. The summed E-state index contributed by atoms with van der Waals surface area (Å²) in [5.74, 6) is 1.22. The van der Waals surface area contributed by atoms with E-state index in [4.69, 9.17) is 0 Å². The maximum absolute atomic E-state index is 12.7. The Hall–Kier alpha value is -1.60. The lowest BCUT2D eigenvalue weighted by Gasteiger charge is -2.21. The number of likely N-dealkylation sites (tertiary alicyclic amines) is 1. The van der Waals surface area contributed by atoms with Gasteiger partial charge in [0.2, 0.25) is 0 Å². The second-order valence-electron chi connectivity index (χ2n) is 6.19. The lowest BCUT2D eigenvalue weighted by atomic mass is 9.92. The molecule has 7 heteroatoms. The lowest BCUT2D eigenvalue weighted by molar-refractivity contribution is -0.387. The molecular weight excluding hydrogens is 314 g/mol. The zero-order chi connectivity index (χ0) is 16.4. The van der Waals surface area contributed by atoms with Crippen molar-refractivity contribution in [3.8, 4) is 0 Å². The van der Waals surface area contributed by atoms with E-state index in [1.807, 2.05) is 4.90 Å². The SMILES string of the molecule is CSc1ccc(C(=O)N2CC[C@@H]3CNC[C@@H]3CC2)cc1[N+](=O)[O-]. The maximum Gasteiger partial charge on any atom is 0.283 e. The van der Waals surface area contributed by atoms with E-state index >= 15 is 0 Å². The Morgan fingerprint density at radius 2 is 1.96 bits per heavy atom. The van der Waals surface area contributed by atoms with Crippen LogP contribution < -0.4 is 5.32 Å². The van der Waals surface area contributed by atoms with Crippen LogP contribution in [0.3, 0.4) is 0 Å². The molecular formula is C16H21N3O3S. The smallest absolute Gasteiger partial charge is 0.283 e. The summed E-state index contributed by atoms with van der Waals surface area (Å²) in [6, 6.07) is 4.79. The fraction of sp³-hybridized carbons (Fsp3) is 0.562. The van der Waals surface area contributed by atoms with E-state index in [9.17, 15) is 14.9 Å². The Morgan fingerprint density at radius 1 is 1.30 bits per heavy atom. The van der Waals surface area contributed by atoms with Crippen molar-refractivity contribution in [2.24, 2.45) is 11.8 Å². The minimum absolute atomic E-state index is 0.0132. The average molecular weight is 335 g/mol. The van der Waals surface area contributed by atoms with Crippen LogP contribution in [0.15, 0.2) is 23.1 Å². The normalized spacial score (nSPS) is 24.1. The average Bonchev–Trinajstić information content (AvgIpc) is 2.92. The molecule has 23 heavy (non-hydrogen) atoms. The van der Waals surface area contributed by atoms with Crippen LogP contribution in [0.2, 0.25) is 0 Å². The van der Waals surface area contributed by atoms with Crippen LogP contribution >= 0.6 is 11.8 Å². The van der Waals surface area contributed by atoms with Gasteiger partial charge < -0.3 is 10.2 Å². The van der Waals surface area contributed by atoms with Gasteiger partial charge in [0.1, 0.15) is 0 Å². The van der Waals surface area contributed by atoms with E-state index < -0.39 is 4.92 Å². The largest absolute Gasteiger partial charge is 0.339 e. The number of fused-ring (bicyclic) bond motifs is 1. The molecule has 1 aromatic rings. The van der Waals surface area contributed by atoms with Gasteiger partial charge in [0.05, 0.1) is 9.82 Å². The predicted octanol–water partition coefficient (Wildman–Crippen LogP) is 2.39. The van der Waals surface area contributed by atoms with Gasteiger partial charge in [0.25, 0.3) is 11.6 Å². The van der Waals surface area contributed by atoms with E-state index in [1.54, 1.807) is 18.4 Å². The molecule has 2 aliphatic rings. The standard InChI is InChI=1S/C16H21N3O3S/c1-23-15-3-2-11(8-14(15)19(21)22)16(20)18-6-4-12-9-17-10-13(12)5-7-18/h2-3,8,12-13,17H,4-7,9-10H2,1H3/t12-,13+. The Balaban J connectivity index is 1.77. The van der Waals surface area contributed by atoms with Gasteiger partial charge in [-0.3, -0.25) is 14.9 Å². The number of benzene rings is 1. The molecule has 0 spiro atoms. The summed E-state index contributed by atoms with van der Waals surface area (Å²) in [7, 11) is 0. The molecule has 1 aromatic carbocycles. The molecule has 0 saturated carbocycles. The zero-order valence-electron chi connectivity index (χ0n) is 13.2. The number of thioether (sulfide) groups is 1. The van der Waals surface area contributed by atoms with Gasteiger partial charge in [-0.15, -0.1) is 11.8 Å². The van der Waals surface area contributed by atoms with Gasteiger partial charge in [-0.1, -0.05) is 0 Å². The molecule has 2 atom stereocenters. The fourth-order valence-corrected chi connectivity index (χ4v) is 4.12. The summed E-state index contributed by atoms with van der Waals surface area (Å²) in [5, 5.41) is 14.6. The second kappa shape index (κ2) is 6.88. The minimum atomic E-state index is -0.416. The summed E-state index contributed by atoms with van der Waals surface area (Å²) >= 11 is 1.32. The van der Waals surface area contributed by atoms with Gasteiger partial charge in [-0.25, -0.2) is 0 Å². The molecule has 1 amide bonds. The van der Waals surface area contributed by atoms with Crippen molar-refractivity contribution in [1.82, 2.24) is 10.2 Å². The third-order valence-corrected chi connectivity index (χ3v) is 5.71. The van der Waals surface area contributed by atoms with E-state index in [2.05, 4.69) is 5.32 Å². The molecule has 0 radical (unpaired) electrons. The van der Waals surface area contributed by atoms with Gasteiger partial charge in [-0.2, -0.15) is 0 Å². The van der Waals surface area contributed by atoms with Crippen molar-refractivity contribution < 1.29 is 9.72 Å². The van der Waals surface area contributed by atoms with Gasteiger partial charge in [0, 0.05) is 24.7 Å². The van der Waals surface area contributed by atoms with Crippen molar-refractivity contribution in [1.29, 1.82) is 0 Å². The van der Waals surface area contributed by atoms with Crippen molar-refractivity contribution in [3.05, 3.63) is 33.9 Å². The van der Waals surface area contributed by atoms with Crippen LogP contribution in [0.5, 0.6) is 0 Å².